The van der Waals surface area contributed by atoms with E-state index >= 15 is 0 Å². The average molecular weight is 1100 g/mol. The van der Waals surface area contributed by atoms with Crippen molar-refractivity contribution in [1.82, 2.24) is 8.88 Å². The van der Waals surface area contributed by atoms with Gasteiger partial charge in [-0.1, -0.05) is 269 Å². The first kappa shape index (κ1) is 54.0. The van der Waals surface area contributed by atoms with Crippen molar-refractivity contribution in [1.29, 1.82) is 0 Å². The van der Waals surface area contributed by atoms with Gasteiger partial charge in [0, 0.05) is 58.4 Å². The van der Waals surface area contributed by atoms with Crippen LogP contribution in [0.3, 0.4) is 0 Å². The third-order valence-corrected chi connectivity index (χ3v) is 33.1. The Kier molecular flexibility index (Phi) is 17.9. The molecule has 0 amide bonds. The van der Waals surface area contributed by atoms with Crippen LogP contribution in [-0.2, 0) is 0 Å². The first-order valence-electron chi connectivity index (χ1n) is 29.8. The van der Waals surface area contributed by atoms with Crippen molar-refractivity contribution >= 4 is 32.3 Å². The maximum atomic E-state index is 3.35. The summed E-state index contributed by atoms with van der Waals surface area (Å²) in [6.07, 6.45) is 12.3. The molecule has 8 aromatic carbocycles. The third kappa shape index (κ3) is 11.2. The van der Waals surface area contributed by atoms with Crippen molar-refractivity contribution < 1.29 is 0 Å². The minimum atomic E-state index is -0.719. The van der Waals surface area contributed by atoms with Crippen molar-refractivity contribution in [3.63, 3.8) is 0 Å². The van der Waals surface area contributed by atoms with Crippen LogP contribution in [0.4, 0.5) is 0 Å². The van der Waals surface area contributed by atoms with Gasteiger partial charge >= 0.3 is 0 Å². The molecule has 0 saturated carbocycles. The molecule has 12 atom stereocenters. The molecule has 12 rings (SSSR count). The van der Waals surface area contributed by atoms with E-state index in [9.17, 15) is 0 Å². The van der Waals surface area contributed by atoms with Gasteiger partial charge in [-0.3, -0.25) is 8.88 Å². The lowest BCUT2D eigenvalue weighted by atomic mass is 9.76. The van der Waals surface area contributed by atoms with Gasteiger partial charge < -0.3 is 0 Å². The molecule has 2 nitrogen and oxygen atoms in total. The topological polar surface area (TPSA) is 6.48 Å². The molecule has 0 bridgehead atoms. The van der Waals surface area contributed by atoms with Gasteiger partial charge in [-0.2, -0.15) is 0 Å². The highest BCUT2D eigenvalue weighted by molar-refractivity contribution is 7.72. The summed E-state index contributed by atoms with van der Waals surface area (Å²) in [5, 5.41) is 0. The summed E-state index contributed by atoms with van der Waals surface area (Å²) in [7, 11) is -2.64. The van der Waals surface area contributed by atoms with Gasteiger partial charge in [0.15, 0.2) is 0 Å². The zero-order valence-corrected chi connectivity index (χ0v) is 49.6. The second-order valence-electron chi connectivity index (χ2n) is 22.6. The van der Waals surface area contributed by atoms with Gasteiger partial charge in [-0.05, 0) is 140 Å². The molecule has 0 radical (unpaired) electrons. The highest BCUT2D eigenvalue weighted by atomic mass is 31.2. The van der Waals surface area contributed by atoms with Crippen molar-refractivity contribution in [2.45, 2.75) is 123 Å². The van der Waals surface area contributed by atoms with E-state index in [1.807, 2.05) is 0 Å². The van der Waals surface area contributed by atoms with Gasteiger partial charge in [-0.25, -0.2) is 0 Å². The molecule has 0 aliphatic carbocycles. The number of benzene rings is 8. The van der Waals surface area contributed by atoms with Crippen LogP contribution in [0.25, 0.3) is 0 Å². The van der Waals surface area contributed by atoms with Gasteiger partial charge in [0.1, 0.15) is 0 Å². The lowest BCUT2D eigenvalue weighted by molar-refractivity contribution is 0.304. The van der Waals surface area contributed by atoms with E-state index in [1.165, 1.54) is 77.3 Å². The molecule has 4 saturated heterocycles. The average Bonchev–Trinajstić information content (AvgIpc) is 4.51. The molecule has 4 unspecified atom stereocenters. The monoisotopic (exact) mass is 1100 g/mol. The molecular weight excluding hydrogens is 1020 g/mol. The summed E-state index contributed by atoms with van der Waals surface area (Å²) in [5.74, 6) is 0.998. The Morgan fingerprint density at radius 2 is 0.500 bits per heavy atom. The minimum absolute atomic E-state index is 0.428. The zero-order valence-electron chi connectivity index (χ0n) is 46.0. The summed E-state index contributed by atoms with van der Waals surface area (Å²) in [5.41, 5.74) is 16.5. The fourth-order valence-corrected chi connectivity index (χ4v) is 33.1. The summed E-state index contributed by atoms with van der Waals surface area (Å²) >= 11 is 0. The molecular formula is C72H80N2P4. The highest BCUT2D eigenvalue weighted by Gasteiger charge is 2.60. The number of hydrogen-bond acceptors (Lipinski definition) is 2. The molecule has 0 spiro atoms. The normalized spacial score (nSPS) is 27.5. The number of hydrogen-bond donors (Lipinski definition) is 0. The SMILES string of the molecule is CCCCN(P1[C@H](c2ccccc2)C(C2C[C@@H](c3ccccc3)P(N(CCCC)P3[C@H](c4ccccc4)CC[C@H]3c3ccccc3)[C@@H]2c2ccccc2)C[C@H]1c1ccccc1)P1[C@H](c2ccccc2)CC[C@H]1c1ccccc1. The molecule has 0 N–H and O–H groups in total. The lowest BCUT2D eigenvalue weighted by Gasteiger charge is -2.47. The number of unbranched alkanes of at least 4 members (excludes halogenated alkanes) is 2. The van der Waals surface area contributed by atoms with Crippen molar-refractivity contribution in [3.8, 4) is 0 Å². The predicted molar refractivity (Wildman–Crippen MR) is 339 cm³/mol. The van der Waals surface area contributed by atoms with Crippen molar-refractivity contribution in [2.75, 3.05) is 13.1 Å². The van der Waals surface area contributed by atoms with Crippen LogP contribution in [-0.4, -0.2) is 22.0 Å². The van der Waals surface area contributed by atoms with Crippen LogP contribution in [0, 0.1) is 11.8 Å². The minimum Gasteiger partial charge on any atom is -0.258 e. The quantitative estimate of drug-likeness (QED) is 0.0745. The van der Waals surface area contributed by atoms with Crippen molar-refractivity contribution in [3.05, 3.63) is 287 Å². The van der Waals surface area contributed by atoms with E-state index in [0.717, 1.165) is 0 Å². The summed E-state index contributed by atoms with van der Waals surface area (Å²) in [4.78, 5) is 0. The van der Waals surface area contributed by atoms with Gasteiger partial charge in [0.05, 0.1) is 0 Å². The van der Waals surface area contributed by atoms with Crippen LogP contribution >= 0.6 is 32.3 Å². The Morgan fingerprint density at radius 3 is 0.731 bits per heavy atom. The molecule has 0 aromatic heterocycles. The largest absolute Gasteiger partial charge is 0.258 e. The second-order valence-corrected chi connectivity index (χ2v) is 33.1. The molecule has 78 heavy (non-hydrogen) atoms. The Morgan fingerprint density at radius 1 is 0.282 bits per heavy atom. The standard InChI is InChI=1S/C72H80N2P4/c1-3-5-51-73(75-65(55-31-15-7-16-32-55)47-48-66(75)56-33-17-8-18-34-56)77-69(59-39-23-11-24-40-59)53-63(71(77)61-43-27-13-28-44-61)64-54-70(60-41-25-12-26-42-60)78(72(64)62-45-29-14-30-46-62)74(52-6-4-2)76-67(57-35-19-9-20-36-57)49-50-68(76)58-37-21-10-22-38-58/h7-46,63-72H,3-6,47-54H2,1-2H3/t63?,64?,65-,66-,67-,68-,69-,70-,71+,72+,77?,78?/m0/s1. The van der Waals surface area contributed by atoms with Crippen LogP contribution in [0.15, 0.2) is 243 Å². The van der Waals surface area contributed by atoms with E-state index in [-0.39, 0.29) is 0 Å². The Bertz CT molecular complexity index is 2740. The predicted octanol–water partition coefficient (Wildman–Crippen LogP) is 22.3. The second kappa shape index (κ2) is 25.9. The van der Waals surface area contributed by atoms with E-state index in [2.05, 4.69) is 265 Å². The van der Waals surface area contributed by atoms with Gasteiger partial charge in [0.2, 0.25) is 0 Å². The highest BCUT2D eigenvalue weighted by Crippen LogP contribution is 2.89. The molecule has 4 aliphatic heterocycles. The fraction of sp³-hybridized carbons (Fsp3) is 0.333. The molecule has 6 heteroatoms. The van der Waals surface area contributed by atoms with Crippen LogP contribution < -0.4 is 0 Å². The fourth-order valence-electron chi connectivity index (χ4n) is 14.7. The molecule has 4 heterocycles. The lowest BCUT2D eigenvalue weighted by Crippen LogP contribution is -2.25. The smallest absolute Gasteiger partial charge is 0.0214 e. The van der Waals surface area contributed by atoms with E-state index < -0.39 is 32.3 Å². The Balaban J connectivity index is 1.07. The van der Waals surface area contributed by atoms with Gasteiger partial charge in [-0.15, -0.1) is 0 Å². The maximum Gasteiger partial charge on any atom is 0.0214 e. The summed E-state index contributed by atoms with van der Waals surface area (Å²) in [6, 6.07) is 95.9. The number of rotatable bonds is 19. The van der Waals surface area contributed by atoms with Crippen LogP contribution in [0.5, 0.6) is 0 Å². The molecule has 398 valence electrons. The maximum absolute atomic E-state index is 3.35. The van der Waals surface area contributed by atoms with E-state index in [4.69, 9.17) is 0 Å². The van der Waals surface area contributed by atoms with E-state index in [0.29, 0.717) is 57.1 Å². The summed E-state index contributed by atoms with van der Waals surface area (Å²) in [6.45, 7) is 7.21. The zero-order chi connectivity index (χ0) is 52.6. The van der Waals surface area contributed by atoms with Crippen LogP contribution in [0.1, 0.15) is 168 Å². The molecule has 4 fully saturated rings. The third-order valence-electron chi connectivity index (χ3n) is 18.1. The van der Waals surface area contributed by atoms with Crippen LogP contribution in [0.2, 0.25) is 0 Å². The first-order chi connectivity index (χ1) is 38.7. The molecule has 4 aliphatic rings. The Labute approximate surface area is 473 Å². The summed E-state index contributed by atoms with van der Waals surface area (Å²) < 4.78 is 6.69. The Hall–Kier alpha value is -4.60. The molecule has 8 aromatic rings. The first-order valence-corrected chi connectivity index (χ1v) is 35.5. The van der Waals surface area contributed by atoms with Gasteiger partial charge in [0.25, 0.3) is 0 Å². The van der Waals surface area contributed by atoms with Crippen molar-refractivity contribution in [2.24, 2.45) is 11.8 Å². The number of nitrogens with zero attached hydrogens (tertiary/aromatic N) is 2. The van der Waals surface area contributed by atoms with E-state index in [1.54, 1.807) is 44.5 Å².